The largest absolute Gasteiger partial charge is 0.545 e. The van der Waals surface area contributed by atoms with Gasteiger partial charge in [-0.3, -0.25) is 0 Å². The van der Waals surface area contributed by atoms with Gasteiger partial charge in [-0.2, -0.15) is 0 Å². The lowest BCUT2D eigenvalue weighted by Crippen LogP contribution is -2.27. The molecule has 2 aromatic carbocycles. The van der Waals surface area contributed by atoms with Crippen molar-refractivity contribution in [2.45, 2.75) is 26.7 Å². The third-order valence-corrected chi connectivity index (χ3v) is 5.45. The molecule has 0 N–H and O–H groups in total. The van der Waals surface area contributed by atoms with Crippen LogP contribution in [-0.4, -0.2) is 24.7 Å². The highest BCUT2D eigenvalue weighted by Gasteiger charge is 2.25. The van der Waals surface area contributed by atoms with Gasteiger partial charge in [-0.15, -0.1) is 0 Å². The Hall–Kier alpha value is -3.34. The van der Waals surface area contributed by atoms with Crippen LogP contribution in [0, 0.1) is 5.92 Å². The van der Waals surface area contributed by atoms with Crippen molar-refractivity contribution in [3.05, 3.63) is 64.8 Å². The zero-order valence-electron chi connectivity index (χ0n) is 17.4. The predicted octanol–water partition coefficient (Wildman–Crippen LogP) is 4.13. The molecule has 5 heteroatoms. The van der Waals surface area contributed by atoms with Crippen molar-refractivity contribution in [3.63, 3.8) is 0 Å². The number of hydrogen-bond donors (Lipinski definition) is 0. The van der Waals surface area contributed by atoms with Gasteiger partial charge in [-0.1, -0.05) is 31.2 Å². The number of carbonyl (C=O) groups is 1. The summed E-state index contributed by atoms with van der Waals surface area (Å²) in [6.45, 7) is 4.60. The fourth-order valence-electron chi connectivity index (χ4n) is 4.22. The Morgan fingerprint density at radius 1 is 1.20 bits per heavy atom. The fourth-order valence-corrected chi connectivity index (χ4v) is 4.22. The van der Waals surface area contributed by atoms with Crippen molar-refractivity contribution in [1.82, 2.24) is 4.98 Å². The maximum atomic E-state index is 12.1. The third-order valence-electron chi connectivity index (χ3n) is 5.45. The number of rotatable bonds is 5. The number of carbonyl (C=O) groups excluding carboxylic acids is 1. The van der Waals surface area contributed by atoms with Gasteiger partial charge in [0, 0.05) is 10.9 Å². The number of benzene rings is 2. The highest BCUT2D eigenvalue weighted by Crippen LogP contribution is 2.39. The number of aromatic nitrogens is 1. The highest BCUT2D eigenvalue weighted by atomic mass is 16.5. The first-order chi connectivity index (χ1) is 14.5. The van der Waals surface area contributed by atoms with Crippen LogP contribution in [0.4, 0.5) is 0 Å². The number of nitrogens with zero attached hydrogens (tertiary/aromatic N) is 1. The summed E-state index contributed by atoms with van der Waals surface area (Å²) in [6, 6.07) is 13.1. The van der Waals surface area contributed by atoms with Crippen molar-refractivity contribution in [2.75, 3.05) is 13.7 Å². The molecule has 0 amide bonds. The van der Waals surface area contributed by atoms with Crippen LogP contribution in [0.3, 0.4) is 0 Å². The van der Waals surface area contributed by atoms with E-state index < -0.39 is 5.97 Å². The molecule has 4 rings (SSSR count). The lowest BCUT2D eigenvalue weighted by molar-refractivity contribution is -0.254. The molecule has 0 bridgehead atoms. The van der Waals surface area contributed by atoms with Crippen LogP contribution in [0.2, 0.25) is 0 Å². The number of hydrogen-bond acceptors (Lipinski definition) is 5. The zero-order chi connectivity index (χ0) is 21.3. The molecule has 1 atom stereocenters. The molecule has 1 aliphatic rings. The number of para-hydroxylation sites is 1. The van der Waals surface area contributed by atoms with Crippen LogP contribution in [0.15, 0.2) is 42.5 Å². The molecule has 0 radical (unpaired) electrons. The summed E-state index contributed by atoms with van der Waals surface area (Å²) in [6.07, 6.45) is 3.55. The summed E-state index contributed by atoms with van der Waals surface area (Å²) < 4.78 is 11.1. The maximum Gasteiger partial charge on any atom is 0.161 e. The van der Waals surface area contributed by atoms with E-state index in [9.17, 15) is 9.90 Å². The van der Waals surface area contributed by atoms with E-state index >= 15 is 0 Å². The van der Waals surface area contributed by atoms with Crippen LogP contribution < -0.4 is 14.6 Å². The first-order valence-corrected chi connectivity index (χ1v) is 10.2. The van der Waals surface area contributed by atoms with E-state index in [1.54, 1.807) is 13.2 Å². The third kappa shape index (κ3) is 3.63. The van der Waals surface area contributed by atoms with E-state index in [2.05, 4.69) is 13.0 Å². The molecule has 0 saturated carbocycles. The number of ether oxygens (including phenoxy) is 2. The zero-order valence-corrected chi connectivity index (χ0v) is 17.4. The second-order valence-corrected chi connectivity index (χ2v) is 7.64. The molecule has 154 valence electrons. The normalized spacial score (nSPS) is 17.0. The van der Waals surface area contributed by atoms with E-state index in [4.69, 9.17) is 14.5 Å². The van der Waals surface area contributed by atoms with Crippen LogP contribution in [0.1, 0.15) is 47.4 Å². The molecule has 5 nitrogen and oxygen atoms in total. The van der Waals surface area contributed by atoms with E-state index in [0.29, 0.717) is 41.3 Å². The minimum absolute atomic E-state index is 0.262. The summed E-state index contributed by atoms with van der Waals surface area (Å²) in [5.74, 6) is 0.510. The Morgan fingerprint density at radius 2 is 2.00 bits per heavy atom. The Kier molecular flexibility index (Phi) is 5.44. The average molecular weight is 402 g/mol. The minimum Gasteiger partial charge on any atom is -0.545 e. The van der Waals surface area contributed by atoms with Gasteiger partial charge < -0.3 is 19.4 Å². The van der Waals surface area contributed by atoms with Gasteiger partial charge in [0.05, 0.1) is 30.9 Å². The lowest BCUT2D eigenvalue weighted by atomic mass is 9.80. The van der Waals surface area contributed by atoms with Crippen LogP contribution in [0.5, 0.6) is 11.5 Å². The SMILES string of the molecule is CCOc1cc(/C=C2\C[C@@H](C)Cc3c2nc2ccccc2c3C(=O)[O-])ccc1OC. The molecular weight excluding hydrogens is 378 g/mol. The number of aromatic carboxylic acids is 1. The molecule has 0 saturated heterocycles. The number of fused-ring (bicyclic) bond motifs is 2. The fraction of sp³-hybridized carbons (Fsp3) is 0.280. The minimum atomic E-state index is -1.15. The van der Waals surface area contributed by atoms with E-state index in [-0.39, 0.29) is 5.56 Å². The van der Waals surface area contributed by atoms with Gasteiger partial charge in [0.25, 0.3) is 0 Å². The molecule has 1 aromatic heterocycles. The highest BCUT2D eigenvalue weighted by molar-refractivity contribution is 6.05. The molecular formula is C25H24NO4-. The summed E-state index contributed by atoms with van der Waals surface area (Å²) >= 11 is 0. The molecule has 0 spiro atoms. The monoisotopic (exact) mass is 402 g/mol. The van der Waals surface area contributed by atoms with E-state index in [1.165, 1.54) is 0 Å². The molecule has 1 heterocycles. The smallest absolute Gasteiger partial charge is 0.161 e. The Bertz CT molecular complexity index is 1150. The standard InChI is InChI=1S/C25H25NO4/c1-4-30-22-14-16(9-10-21(22)29-3)13-17-11-15(2)12-19-23(25(27)28)18-7-5-6-8-20(18)26-24(17)19/h5-10,13-15H,4,11-12H2,1-3H3,(H,27,28)/p-1/b17-13+/t15-/m1/s1. The van der Waals surface area contributed by atoms with Gasteiger partial charge in [0.15, 0.2) is 11.5 Å². The van der Waals surface area contributed by atoms with Crippen LogP contribution >= 0.6 is 0 Å². The van der Waals surface area contributed by atoms with Gasteiger partial charge >= 0.3 is 0 Å². The number of carboxylic acid groups (broad SMARTS) is 1. The van der Waals surface area contributed by atoms with Crippen molar-refractivity contribution in [1.29, 1.82) is 0 Å². The second-order valence-electron chi connectivity index (χ2n) is 7.64. The Labute approximate surface area is 176 Å². The van der Waals surface area contributed by atoms with E-state index in [1.807, 2.05) is 43.3 Å². The lowest BCUT2D eigenvalue weighted by Gasteiger charge is -2.27. The number of methoxy groups -OCH3 is 1. The second kappa shape index (κ2) is 8.19. The predicted molar refractivity (Wildman–Crippen MR) is 116 cm³/mol. The van der Waals surface area contributed by atoms with Crippen molar-refractivity contribution in [2.24, 2.45) is 5.92 Å². The Morgan fingerprint density at radius 3 is 2.73 bits per heavy atom. The van der Waals surface area contributed by atoms with Crippen molar-refractivity contribution in [3.8, 4) is 11.5 Å². The van der Waals surface area contributed by atoms with Gasteiger partial charge in [0.2, 0.25) is 0 Å². The maximum absolute atomic E-state index is 12.1. The topological polar surface area (TPSA) is 71.5 Å². The molecule has 0 unspecified atom stereocenters. The van der Waals surface area contributed by atoms with Crippen molar-refractivity contribution >= 4 is 28.5 Å². The van der Waals surface area contributed by atoms with Gasteiger partial charge in [-0.25, -0.2) is 4.98 Å². The van der Waals surface area contributed by atoms with Crippen LogP contribution in [-0.2, 0) is 6.42 Å². The number of allylic oxidation sites excluding steroid dienone is 1. The first-order valence-electron chi connectivity index (χ1n) is 10.2. The quantitative estimate of drug-likeness (QED) is 0.642. The van der Waals surface area contributed by atoms with Gasteiger partial charge in [0.1, 0.15) is 0 Å². The van der Waals surface area contributed by atoms with Gasteiger partial charge in [-0.05, 0) is 66.7 Å². The number of pyridine rings is 1. The summed E-state index contributed by atoms with van der Waals surface area (Å²) in [4.78, 5) is 16.9. The molecule has 3 aromatic rings. The number of carboxylic acids is 1. The van der Waals surface area contributed by atoms with Crippen molar-refractivity contribution < 1.29 is 19.4 Å². The summed E-state index contributed by atoms with van der Waals surface area (Å²) in [7, 11) is 1.62. The van der Waals surface area contributed by atoms with Crippen LogP contribution in [0.25, 0.3) is 22.6 Å². The molecule has 0 fully saturated rings. The average Bonchev–Trinajstić information content (AvgIpc) is 2.72. The van der Waals surface area contributed by atoms with E-state index in [0.717, 1.165) is 28.8 Å². The molecule has 30 heavy (non-hydrogen) atoms. The molecule has 1 aliphatic carbocycles. The summed E-state index contributed by atoms with van der Waals surface area (Å²) in [5, 5.41) is 12.7. The first kappa shape index (κ1) is 20.0. The summed E-state index contributed by atoms with van der Waals surface area (Å²) in [5.41, 5.74) is 4.42. The molecule has 0 aliphatic heterocycles. The Balaban J connectivity index is 1.90.